The molecule has 4 rings (SSSR count). The van der Waals surface area contributed by atoms with E-state index in [1.165, 1.54) is 66.2 Å². The average molecular weight is 908 g/mol. The maximum atomic E-state index is 15.8. The van der Waals surface area contributed by atoms with E-state index < -0.39 is 68.9 Å². The van der Waals surface area contributed by atoms with E-state index in [2.05, 4.69) is 10.1 Å². The lowest BCUT2D eigenvalue weighted by atomic mass is 9.89. The van der Waals surface area contributed by atoms with Crippen LogP contribution in [0.4, 0.5) is 18.0 Å². The van der Waals surface area contributed by atoms with Crippen molar-refractivity contribution in [1.29, 1.82) is 5.26 Å². The highest BCUT2D eigenvalue weighted by Gasteiger charge is 2.47. The largest absolute Gasteiger partial charge is 0.512 e. The summed E-state index contributed by atoms with van der Waals surface area (Å²) in [6.07, 6.45) is 7.55. The molecule has 1 aromatic heterocycles. The van der Waals surface area contributed by atoms with Gasteiger partial charge < -0.3 is 28.6 Å². The maximum absolute atomic E-state index is 15.8. The second-order valence-electron chi connectivity index (χ2n) is 14.2. The molecule has 1 N–H and O–H groups in total. The van der Waals surface area contributed by atoms with E-state index in [1.54, 1.807) is 25.2 Å². The van der Waals surface area contributed by atoms with Crippen LogP contribution in [-0.4, -0.2) is 106 Å². The van der Waals surface area contributed by atoms with Crippen molar-refractivity contribution in [3.8, 4) is 6.07 Å². The summed E-state index contributed by atoms with van der Waals surface area (Å²) in [5, 5.41) is 11.9. The van der Waals surface area contributed by atoms with Crippen LogP contribution in [0.15, 0.2) is 67.3 Å². The summed E-state index contributed by atoms with van der Waals surface area (Å²) in [6.45, 7) is 2.82. The highest BCUT2D eigenvalue weighted by molar-refractivity contribution is 8.00. The van der Waals surface area contributed by atoms with Crippen molar-refractivity contribution >= 4 is 46.0 Å². The van der Waals surface area contributed by atoms with Gasteiger partial charge in [0.25, 0.3) is 10.1 Å². The Morgan fingerprint density at radius 1 is 1.05 bits per heavy atom. The van der Waals surface area contributed by atoms with Gasteiger partial charge in [-0.05, 0) is 50.1 Å². The number of unbranched alkanes of at least 4 members (excludes halogenated alkanes) is 3. The fourth-order valence-electron chi connectivity index (χ4n) is 6.17. The number of ether oxygens (including phenoxy) is 5. The molecular weight excluding hydrogens is 860 g/mol. The van der Waals surface area contributed by atoms with Gasteiger partial charge in [-0.25, -0.2) is 27.6 Å². The Balaban J connectivity index is 1.35. The summed E-state index contributed by atoms with van der Waals surface area (Å²) in [7, 11) is -2.75. The highest BCUT2D eigenvalue weighted by Crippen LogP contribution is 2.42. The predicted octanol–water partition coefficient (Wildman–Crippen LogP) is 6.32. The molecule has 21 heteroatoms. The summed E-state index contributed by atoms with van der Waals surface area (Å²) < 4.78 is 104. The number of thioether (sulfide) groups is 1. The normalized spacial score (nSPS) is 17.5. The van der Waals surface area contributed by atoms with Crippen LogP contribution in [-0.2, 0) is 55.5 Å². The smallest absolute Gasteiger partial charge is 0.425 e. The number of esters is 1. The van der Waals surface area contributed by atoms with Gasteiger partial charge in [-0.1, -0.05) is 37.1 Å². The third-order valence-corrected chi connectivity index (χ3v) is 11.6. The first-order chi connectivity index (χ1) is 29.5. The summed E-state index contributed by atoms with van der Waals surface area (Å²) in [5.74, 6) is -3.96. The number of benzene rings is 2. The van der Waals surface area contributed by atoms with Gasteiger partial charge in [0.15, 0.2) is 11.9 Å². The predicted molar refractivity (Wildman–Crippen MR) is 219 cm³/mol. The molecule has 0 spiro atoms. The van der Waals surface area contributed by atoms with Gasteiger partial charge in [0.2, 0.25) is 12.2 Å². The fourth-order valence-corrected chi connectivity index (χ4v) is 8.03. The maximum Gasteiger partial charge on any atom is 0.512 e. The monoisotopic (exact) mass is 907 g/mol. The van der Waals surface area contributed by atoms with Crippen LogP contribution in [0.25, 0.3) is 6.08 Å². The first-order valence-electron chi connectivity index (χ1n) is 19.5. The molecule has 62 heavy (non-hydrogen) atoms. The summed E-state index contributed by atoms with van der Waals surface area (Å²) in [4.78, 5) is 43.4. The van der Waals surface area contributed by atoms with E-state index in [4.69, 9.17) is 33.5 Å². The standard InChI is InChI=1S/C41H48F3N5O11S2/c1-28(61-33-23-56-39(57-24-33)13-9-8-10-31-15-14-30(22-45)20-35(31)43)41(25-49-27-46-26-47-49,34-17-16-32(42)21-36(34)44)60-40(52)59-29(2)58-38(51)12-7-5-4-6-11-37(50)48(3)18-19-62(53,54)55/h8-10,13-17,20-21,26-29,33,39H,4-7,11-12,18-19,23-25H2,1-3H3,(H,53,54,55). The molecule has 1 fully saturated rings. The van der Waals surface area contributed by atoms with Gasteiger partial charge in [-0.3, -0.25) is 14.1 Å². The molecule has 0 bridgehead atoms. The van der Waals surface area contributed by atoms with Crippen LogP contribution < -0.4 is 0 Å². The van der Waals surface area contributed by atoms with Crippen LogP contribution >= 0.6 is 11.8 Å². The number of carbonyl (C=O) groups excluding carboxylic acids is 3. The van der Waals surface area contributed by atoms with E-state index in [-0.39, 0.29) is 67.0 Å². The first-order valence-corrected chi connectivity index (χ1v) is 22.0. The van der Waals surface area contributed by atoms with Crippen LogP contribution in [0.1, 0.15) is 69.1 Å². The molecule has 3 aromatic rings. The topological polar surface area (TPSA) is 209 Å². The van der Waals surface area contributed by atoms with E-state index in [1.807, 2.05) is 6.07 Å². The number of nitriles is 1. The van der Waals surface area contributed by atoms with Crippen molar-refractivity contribution in [3.05, 3.63) is 101 Å². The quantitative estimate of drug-likeness (QED) is 0.0384. The van der Waals surface area contributed by atoms with Gasteiger partial charge in [-0.2, -0.15) is 18.8 Å². The molecule has 16 nitrogen and oxygen atoms in total. The summed E-state index contributed by atoms with van der Waals surface area (Å²) in [5.41, 5.74) is -1.63. The molecule has 1 aliphatic heterocycles. The Morgan fingerprint density at radius 2 is 1.77 bits per heavy atom. The third kappa shape index (κ3) is 15.9. The number of rotatable bonds is 22. The van der Waals surface area contributed by atoms with E-state index in [9.17, 15) is 31.6 Å². The lowest BCUT2D eigenvalue weighted by Crippen LogP contribution is -2.47. The van der Waals surface area contributed by atoms with Crippen LogP contribution in [0, 0.1) is 28.8 Å². The number of allylic oxidation sites excluding steroid dienone is 2. The third-order valence-electron chi connectivity index (χ3n) is 9.44. The van der Waals surface area contributed by atoms with Gasteiger partial charge in [0.05, 0.1) is 42.4 Å². The summed E-state index contributed by atoms with van der Waals surface area (Å²) >= 11 is 1.24. The zero-order valence-corrected chi connectivity index (χ0v) is 35.9. The number of hydrogen-bond acceptors (Lipinski definition) is 14. The van der Waals surface area contributed by atoms with Gasteiger partial charge in [-0.15, -0.1) is 11.8 Å². The summed E-state index contributed by atoms with van der Waals surface area (Å²) in [6, 6.07) is 8.83. The van der Waals surface area contributed by atoms with Crippen molar-refractivity contribution in [3.63, 3.8) is 0 Å². The first kappa shape index (κ1) is 49.4. The number of amides is 1. The van der Waals surface area contributed by atoms with Crippen molar-refractivity contribution in [2.24, 2.45) is 0 Å². The van der Waals surface area contributed by atoms with Crippen LogP contribution in [0.2, 0.25) is 0 Å². The molecular formula is C41H48F3N5O11S2. The molecule has 3 unspecified atom stereocenters. The minimum Gasteiger partial charge on any atom is -0.425 e. The lowest BCUT2D eigenvalue weighted by molar-refractivity contribution is -0.172. The molecule has 2 heterocycles. The number of aromatic nitrogens is 3. The Hall–Kier alpha value is -5.27. The molecule has 336 valence electrons. The SMILES string of the molecule is CC(OC(=O)CCCCCCC(=O)N(C)CCS(=O)(=O)O)OC(=O)OC(Cn1cncn1)(c1ccc(F)cc1F)C(C)SC1COC(C=CC=Cc2ccc(C#N)cc2F)OC1. The average Bonchev–Trinajstić information content (AvgIpc) is 3.73. The molecule has 0 saturated carbocycles. The minimum absolute atomic E-state index is 0.0346. The van der Waals surface area contributed by atoms with E-state index >= 15 is 4.39 Å². The zero-order valence-electron chi connectivity index (χ0n) is 34.2. The van der Waals surface area contributed by atoms with Crippen LogP contribution in [0.5, 0.6) is 0 Å². The Bertz CT molecular complexity index is 2180. The van der Waals surface area contributed by atoms with E-state index in [0.717, 1.165) is 18.2 Å². The Morgan fingerprint density at radius 3 is 2.42 bits per heavy atom. The molecule has 2 aromatic carbocycles. The number of hydrogen-bond donors (Lipinski definition) is 1. The second kappa shape index (κ2) is 23.8. The molecule has 1 aliphatic rings. The Labute approximate surface area is 361 Å². The van der Waals surface area contributed by atoms with Crippen LogP contribution in [0.3, 0.4) is 0 Å². The molecule has 0 radical (unpaired) electrons. The van der Waals surface area contributed by atoms with Gasteiger partial charge >= 0.3 is 12.1 Å². The van der Waals surface area contributed by atoms with Crippen molar-refractivity contribution in [1.82, 2.24) is 19.7 Å². The number of halogens is 3. The second-order valence-corrected chi connectivity index (χ2v) is 17.4. The molecule has 1 saturated heterocycles. The molecule has 3 atom stereocenters. The van der Waals surface area contributed by atoms with Gasteiger partial charge in [0, 0.05) is 55.8 Å². The molecule has 0 aliphatic carbocycles. The lowest BCUT2D eigenvalue weighted by Gasteiger charge is -2.40. The van der Waals surface area contributed by atoms with Crippen molar-refractivity contribution in [2.75, 3.05) is 32.6 Å². The zero-order chi connectivity index (χ0) is 45.3. The Kier molecular flexibility index (Phi) is 19.0. The molecule has 1 amide bonds. The van der Waals surface area contributed by atoms with E-state index in [0.29, 0.717) is 31.7 Å². The van der Waals surface area contributed by atoms with Gasteiger partial charge in [0.1, 0.15) is 30.1 Å². The number of nitrogens with zero attached hydrogens (tertiary/aromatic N) is 5. The fraction of sp³-hybridized carbons (Fsp3) is 0.463. The highest BCUT2D eigenvalue weighted by atomic mass is 32.2. The number of carbonyl (C=O) groups is 3. The van der Waals surface area contributed by atoms with Crippen molar-refractivity contribution < 1.29 is 64.2 Å². The van der Waals surface area contributed by atoms with Crippen molar-refractivity contribution in [2.45, 2.75) is 87.6 Å². The minimum atomic E-state index is -4.19.